The van der Waals surface area contributed by atoms with Crippen molar-refractivity contribution in [3.8, 4) is 0 Å². The van der Waals surface area contributed by atoms with Gasteiger partial charge in [0.15, 0.2) is 0 Å². The van der Waals surface area contributed by atoms with Crippen LogP contribution in [0.2, 0.25) is 0 Å². The molecule has 0 aliphatic carbocycles. The second-order valence-corrected chi connectivity index (χ2v) is 4.23. The first kappa shape index (κ1) is 18.5. The number of carbonyl (C=O) groups excluding carboxylic acids is 2. The average Bonchev–Trinajstić information content (AvgIpc) is 2.46. The van der Waals surface area contributed by atoms with Crippen molar-refractivity contribution in [1.29, 1.82) is 0 Å². The van der Waals surface area contributed by atoms with Gasteiger partial charge < -0.3 is 14.8 Å². The molecule has 1 aromatic rings. The molecule has 0 atom stereocenters. The highest BCUT2D eigenvalue weighted by Crippen LogP contribution is 2.30. The highest BCUT2D eigenvalue weighted by atomic mass is 19.4. The zero-order valence-corrected chi connectivity index (χ0v) is 12.6. The average molecular weight is 331 g/mol. The van der Waals surface area contributed by atoms with Crippen LogP contribution in [0.1, 0.15) is 19.4 Å². The Labute approximate surface area is 131 Å². The standard InChI is InChI=1S/C15H16F3NO4/c1-3-22-13(20)9-12(14(21)23-4-2)19-11-7-5-6-10(8-11)15(16,17)18/h5-9,19H,3-4H2,1-2H3/b12-9+. The summed E-state index contributed by atoms with van der Waals surface area (Å²) >= 11 is 0. The smallest absolute Gasteiger partial charge is 0.416 e. The number of hydrogen-bond acceptors (Lipinski definition) is 5. The second kappa shape index (κ2) is 8.21. The molecule has 0 heterocycles. The van der Waals surface area contributed by atoms with Crippen LogP contribution in [0.4, 0.5) is 18.9 Å². The molecular formula is C15H16F3NO4. The molecule has 126 valence electrons. The quantitative estimate of drug-likeness (QED) is 0.641. The summed E-state index contributed by atoms with van der Waals surface area (Å²) in [4.78, 5) is 23.2. The predicted octanol–water partition coefficient (Wildman–Crippen LogP) is 3.13. The fourth-order valence-corrected chi connectivity index (χ4v) is 1.59. The predicted molar refractivity (Wildman–Crippen MR) is 76.4 cm³/mol. The maximum atomic E-state index is 12.7. The van der Waals surface area contributed by atoms with Crippen LogP contribution < -0.4 is 5.32 Å². The Balaban J connectivity index is 3.06. The van der Waals surface area contributed by atoms with Crippen molar-refractivity contribution in [2.45, 2.75) is 20.0 Å². The summed E-state index contributed by atoms with van der Waals surface area (Å²) in [5, 5.41) is 2.45. The van der Waals surface area contributed by atoms with Gasteiger partial charge in [0.2, 0.25) is 0 Å². The van der Waals surface area contributed by atoms with Crippen LogP contribution in [-0.4, -0.2) is 25.2 Å². The van der Waals surface area contributed by atoms with Gasteiger partial charge in [-0.05, 0) is 32.0 Å². The van der Waals surface area contributed by atoms with Crippen molar-refractivity contribution in [2.75, 3.05) is 18.5 Å². The lowest BCUT2D eigenvalue weighted by atomic mass is 10.2. The Morgan fingerprint density at radius 1 is 1.17 bits per heavy atom. The molecule has 0 bridgehead atoms. The zero-order valence-electron chi connectivity index (χ0n) is 12.6. The van der Waals surface area contributed by atoms with E-state index in [-0.39, 0.29) is 24.6 Å². The summed E-state index contributed by atoms with van der Waals surface area (Å²) < 4.78 is 47.5. The second-order valence-electron chi connectivity index (χ2n) is 4.23. The third-order valence-corrected chi connectivity index (χ3v) is 2.51. The van der Waals surface area contributed by atoms with Crippen LogP contribution in [0.3, 0.4) is 0 Å². The first-order valence-electron chi connectivity index (χ1n) is 6.77. The van der Waals surface area contributed by atoms with E-state index >= 15 is 0 Å². The molecule has 0 aromatic heterocycles. The minimum Gasteiger partial charge on any atom is -0.463 e. The number of halogens is 3. The van der Waals surface area contributed by atoms with E-state index in [1.54, 1.807) is 13.8 Å². The van der Waals surface area contributed by atoms with Crippen LogP contribution in [0, 0.1) is 0 Å². The minimum atomic E-state index is -4.52. The number of carbonyl (C=O) groups is 2. The Bertz CT molecular complexity index is 597. The molecule has 0 unspecified atom stereocenters. The first-order chi connectivity index (χ1) is 10.8. The summed E-state index contributed by atoms with van der Waals surface area (Å²) in [5.74, 6) is -1.69. The molecular weight excluding hydrogens is 315 g/mol. The van der Waals surface area contributed by atoms with Gasteiger partial charge in [-0.1, -0.05) is 6.07 Å². The van der Waals surface area contributed by atoms with Crippen LogP contribution in [0.25, 0.3) is 0 Å². The lowest BCUT2D eigenvalue weighted by molar-refractivity contribution is -0.140. The highest BCUT2D eigenvalue weighted by molar-refractivity contribution is 5.98. The molecule has 0 saturated heterocycles. The fourth-order valence-electron chi connectivity index (χ4n) is 1.59. The fraction of sp³-hybridized carbons (Fsp3) is 0.333. The van der Waals surface area contributed by atoms with Crippen LogP contribution in [-0.2, 0) is 25.2 Å². The van der Waals surface area contributed by atoms with E-state index < -0.39 is 23.7 Å². The SMILES string of the molecule is CCOC(=O)/C=C(/Nc1cccc(C(F)(F)F)c1)C(=O)OCC. The molecule has 0 aliphatic rings. The molecule has 0 fully saturated rings. The first-order valence-corrected chi connectivity index (χ1v) is 6.77. The lowest BCUT2D eigenvalue weighted by Gasteiger charge is -2.12. The van der Waals surface area contributed by atoms with E-state index in [0.29, 0.717) is 0 Å². The van der Waals surface area contributed by atoms with Gasteiger partial charge >= 0.3 is 18.1 Å². The number of hydrogen-bond donors (Lipinski definition) is 1. The van der Waals surface area contributed by atoms with Gasteiger partial charge in [0.1, 0.15) is 5.70 Å². The number of nitrogens with one attached hydrogen (secondary N) is 1. The number of anilines is 1. The van der Waals surface area contributed by atoms with Gasteiger partial charge in [-0.3, -0.25) is 0 Å². The molecule has 8 heteroatoms. The van der Waals surface area contributed by atoms with Crippen LogP contribution >= 0.6 is 0 Å². The molecule has 0 amide bonds. The maximum absolute atomic E-state index is 12.7. The zero-order chi connectivity index (χ0) is 17.5. The largest absolute Gasteiger partial charge is 0.463 e. The summed E-state index contributed by atoms with van der Waals surface area (Å²) in [5.41, 5.74) is -1.21. The number of ether oxygens (including phenoxy) is 2. The van der Waals surface area contributed by atoms with Crippen molar-refractivity contribution >= 4 is 17.6 Å². The molecule has 0 spiro atoms. The summed E-state index contributed by atoms with van der Waals surface area (Å²) in [6.45, 7) is 3.28. The topological polar surface area (TPSA) is 64.6 Å². The Hall–Kier alpha value is -2.51. The molecule has 0 radical (unpaired) electrons. The number of benzene rings is 1. The summed E-state index contributed by atoms with van der Waals surface area (Å²) in [7, 11) is 0. The van der Waals surface area contributed by atoms with Crippen molar-refractivity contribution in [1.82, 2.24) is 0 Å². The Kier molecular flexibility index (Phi) is 6.62. The third kappa shape index (κ3) is 6.01. The van der Waals surface area contributed by atoms with Crippen molar-refractivity contribution in [3.05, 3.63) is 41.6 Å². The van der Waals surface area contributed by atoms with Crippen molar-refractivity contribution in [2.24, 2.45) is 0 Å². The molecule has 23 heavy (non-hydrogen) atoms. The number of rotatable bonds is 6. The van der Waals surface area contributed by atoms with Gasteiger partial charge in [0.05, 0.1) is 24.9 Å². The van der Waals surface area contributed by atoms with Gasteiger partial charge in [0.25, 0.3) is 0 Å². The van der Waals surface area contributed by atoms with E-state index in [1.807, 2.05) is 0 Å². The van der Waals surface area contributed by atoms with E-state index in [9.17, 15) is 22.8 Å². The van der Waals surface area contributed by atoms with E-state index in [2.05, 4.69) is 10.1 Å². The van der Waals surface area contributed by atoms with E-state index in [1.165, 1.54) is 12.1 Å². The van der Waals surface area contributed by atoms with Gasteiger partial charge in [-0.15, -0.1) is 0 Å². The lowest BCUT2D eigenvalue weighted by Crippen LogP contribution is -2.17. The Morgan fingerprint density at radius 2 is 1.83 bits per heavy atom. The van der Waals surface area contributed by atoms with Crippen LogP contribution in [0.5, 0.6) is 0 Å². The molecule has 0 aliphatic heterocycles. The molecule has 0 saturated carbocycles. The molecule has 5 nitrogen and oxygen atoms in total. The molecule has 1 aromatic carbocycles. The third-order valence-electron chi connectivity index (χ3n) is 2.51. The monoisotopic (exact) mass is 331 g/mol. The van der Waals surface area contributed by atoms with Gasteiger partial charge in [0, 0.05) is 5.69 Å². The molecule has 1 N–H and O–H groups in total. The highest BCUT2D eigenvalue weighted by Gasteiger charge is 2.30. The Morgan fingerprint density at radius 3 is 2.39 bits per heavy atom. The van der Waals surface area contributed by atoms with E-state index in [4.69, 9.17) is 4.74 Å². The van der Waals surface area contributed by atoms with E-state index in [0.717, 1.165) is 18.2 Å². The number of alkyl halides is 3. The molecule has 1 rings (SSSR count). The number of esters is 2. The van der Waals surface area contributed by atoms with Crippen molar-refractivity contribution < 1.29 is 32.2 Å². The summed E-state index contributed by atoms with van der Waals surface area (Å²) in [6.07, 6.45) is -3.69. The normalized spacial score (nSPS) is 11.8. The van der Waals surface area contributed by atoms with Crippen LogP contribution in [0.15, 0.2) is 36.0 Å². The maximum Gasteiger partial charge on any atom is 0.416 e. The minimum absolute atomic E-state index is 0.0107. The summed E-state index contributed by atoms with van der Waals surface area (Å²) in [6, 6.07) is 4.22. The van der Waals surface area contributed by atoms with Crippen molar-refractivity contribution in [3.63, 3.8) is 0 Å². The van der Waals surface area contributed by atoms with Gasteiger partial charge in [-0.2, -0.15) is 13.2 Å². The van der Waals surface area contributed by atoms with Gasteiger partial charge in [-0.25, -0.2) is 9.59 Å².